The maximum atomic E-state index is 5.14. The molecule has 2 heterocycles. The molecule has 0 unspecified atom stereocenters. The fourth-order valence-electron chi connectivity index (χ4n) is 7.48. The maximum Gasteiger partial charge on any atom is 0.164 e. The summed E-state index contributed by atoms with van der Waals surface area (Å²) in [6.45, 7) is 0. The Morgan fingerprint density at radius 3 is 1.24 bits per heavy atom. The Morgan fingerprint density at radius 1 is 0.241 bits per heavy atom. The molecule has 8 aromatic carbocycles. The van der Waals surface area contributed by atoms with Gasteiger partial charge in [0, 0.05) is 38.9 Å². The summed E-state index contributed by atoms with van der Waals surface area (Å²) in [7, 11) is 0. The van der Waals surface area contributed by atoms with Gasteiger partial charge in [-0.25, -0.2) is 24.9 Å². The van der Waals surface area contributed by atoms with Gasteiger partial charge < -0.3 is 0 Å². The second kappa shape index (κ2) is 15.3. The van der Waals surface area contributed by atoms with Gasteiger partial charge >= 0.3 is 0 Å². The molecule has 0 N–H and O–H groups in total. The molecule has 0 saturated carbocycles. The molecule has 0 radical (unpaired) electrons. The molecule has 0 fully saturated rings. The van der Waals surface area contributed by atoms with Gasteiger partial charge in [-0.2, -0.15) is 0 Å². The van der Waals surface area contributed by atoms with Crippen molar-refractivity contribution >= 4 is 10.8 Å². The summed E-state index contributed by atoms with van der Waals surface area (Å²) in [5.74, 6) is 2.57. The van der Waals surface area contributed by atoms with Gasteiger partial charge in [-0.15, -0.1) is 0 Å². The number of hydrogen-bond acceptors (Lipinski definition) is 5. The number of hydrogen-bond donors (Lipinski definition) is 0. The smallest absolute Gasteiger partial charge is 0.164 e. The Bertz CT molecular complexity index is 2930. The van der Waals surface area contributed by atoms with Crippen molar-refractivity contribution in [3.05, 3.63) is 212 Å². The lowest BCUT2D eigenvalue weighted by molar-refractivity contribution is 1.07. The van der Waals surface area contributed by atoms with E-state index in [4.69, 9.17) is 24.9 Å². The molecular weight excluding hydrogens is 707 g/mol. The van der Waals surface area contributed by atoms with Crippen LogP contribution in [0, 0.1) is 0 Å². The van der Waals surface area contributed by atoms with Crippen molar-refractivity contribution in [3.8, 4) is 90.3 Å². The van der Waals surface area contributed by atoms with Crippen LogP contribution in [0.3, 0.4) is 0 Å². The summed E-state index contributed by atoms with van der Waals surface area (Å²) >= 11 is 0. The Labute approximate surface area is 337 Å². The molecule has 0 amide bonds. The van der Waals surface area contributed by atoms with Crippen LogP contribution in [0.15, 0.2) is 212 Å². The van der Waals surface area contributed by atoms with Crippen molar-refractivity contribution in [1.82, 2.24) is 24.9 Å². The van der Waals surface area contributed by atoms with Crippen LogP contribution in [0.2, 0.25) is 0 Å². The van der Waals surface area contributed by atoms with Crippen LogP contribution < -0.4 is 0 Å². The van der Waals surface area contributed by atoms with Gasteiger partial charge in [0.15, 0.2) is 23.3 Å². The van der Waals surface area contributed by atoms with Crippen molar-refractivity contribution < 1.29 is 0 Å². The summed E-state index contributed by atoms with van der Waals surface area (Å²) in [4.78, 5) is 25.4. The number of nitrogens with zero attached hydrogens (tertiary/aromatic N) is 5. The largest absolute Gasteiger partial charge is 0.228 e. The molecule has 10 rings (SSSR count). The zero-order valence-corrected chi connectivity index (χ0v) is 31.4. The lowest BCUT2D eigenvalue weighted by atomic mass is 9.90. The minimum Gasteiger partial charge on any atom is -0.228 e. The molecular formula is C53H35N5. The van der Waals surface area contributed by atoms with Crippen molar-refractivity contribution in [2.24, 2.45) is 0 Å². The number of benzene rings is 8. The first-order valence-corrected chi connectivity index (χ1v) is 19.3. The highest BCUT2D eigenvalue weighted by Crippen LogP contribution is 2.40. The van der Waals surface area contributed by atoms with Crippen LogP contribution in [0.4, 0.5) is 0 Å². The van der Waals surface area contributed by atoms with E-state index in [1.807, 2.05) is 97.1 Å². The first-order valence-electron chi connectivity index (χ1n) is 19.3. The maximum absolute atomic E-state index is 5.14. The minimum absolute atomic E-state index is 0.619. The van der Waals surface area contributed by atoms with Gasteiger partial charge in [0.05, 0.1) is 11.4 Å². The standard InChI is InChI=1S/C53H35N5/c1-5-18-37(19-6-1)47-35-48(55-50(54-47)38-20-7-2-8-21-38)43-28-15-26-41(33-43)42-27-16-29-44(34-42)49-45-30-14-13-17-36(45)31-32-46(49)53-57-51(39-22-9-3-10-23-39)56-52(58-53)40-24-11-4-12-25-40/h1-35H. The zero-order chi connectivity index (χ0) is 38.7. The zero-order valence-electron chi connectivity index (χ0n) is 31.4. The molecule has 0 atom stereocenters. The first kappa shape index (κ1) is 34.6. The van der Waals surface area contributed by atoms with Gasteiger partial charge in [-0.05, 0) is 51.7 Å². The topological polar surface area (TPSA) is 64.5 Å². The molecule has 5 heteroatoms. The lowest BCUT2D eigenvalue weighted by Gasteiger charge is -2.16. The monoisotopic (exact) mass is 741 g/mol. The van der Waals surface area contributed by atoms with Crippen LogP contribution in [0.5, 0.6) is 0 Å². The SMILES string of the molecule is c1ccc(-c2cc(-c3cccc(-c4cccc(-c5c(-c6nc(-c7ccccc7)nc(-c7ccccc7)n6)ccc6ccccc56)c4)c3)nc(-c3ccccc3)n2)cc1. The molecule has 0 spiro atoms. The van der Waals surface area contributed by atoms with Crippen molar-refractivity contribution in [3.63, 3.8) is 0 Å². The van der Waals surface area contributed by atoms with Gasteiger partial charge in [0.1, 0.15) is 0 Å². The van der Waals surface area contributed by atoms with Crippen LogP contribution in [0.25, 0.3) is 101 Å². The number of aromatic nitrogens is 5. The van der Waals surface area contributed by atoms with E-state index in [1.54, 1.807) is 0 Å². The highest BCUT2D eigenvalue weighted by atomic mass is 15.0. The third-order valence-corrected chi connectivity index (χ3v) is 10.3. The second-order valence-corrected chi connectivity index (χ2v) is 14.1. The highest BCUT2D eigenvalue weighted by Gasteiger charge is 2.19. The van der Waals surface area contributed by atoms with Crippen LogP contribution in [-0.4, -0.2) is 24.9 Å². The van der Waals surface area contributed by atoms with Gasteiger partial charge in [-0.3, -0.25) is 0 Å². The summed E-state index contributed by atoms with van der Waals surface area (Å²) in [5.41, 5.74) is 11.9. The number of fused-ring (bicyclic) bond motifs is 1. The van der Waals surface area contributed by atoms with E-state index in [9.17, 15) is 0 Å². The number of rotatable bonds is 8. The fourth-order valence-corrected chi connectivity index (χ4v) is 7.48. The molecule has 0 aliphatic carbocycles. The average Bonchev–Trinajstić information content (AvgIpc) is 3.32. The first-order chi connectivity index (χ1) is 28.7. The molecule has 272 valence electrons. The third-order valence-electron chi connectivity index (χ3n) is 10.3. The fraction of sp³-hybridized carbons (Fsp3) is 0. The predicted molar refractivity (Wildman–Crippen MR) is 236 cm³/mol. The van der Waals surface area contributed by atoms with Crippen LogP contribution >= 0.6 is 0 Å². The summed E-state index contributed by atoms with van der Waals surface area (Å²) < 4.78 is 0. The predicted octanol–water partition coefficient (Wildman–Crippen LogP) is 13.2. The Kier molecular flexibility index (Phi) is 9.14. The van der Waals surface area contributed by atoms with Crippen LogP contribution in [0.1, 0.15) is 0 Å². The van der Waals surface area contributed by atoms with E-state index < -0.39 is 0 Å². The van der Waals surface area contributed by atoms with Gasteiger partial charge in [0.25, 0.3) is 0 Å². The highest BCUT2D eigenvalue weighted by molar-refractivity contribution is 6.04. The third kappa shape index (κ3) is 6.93. The van der Waals surface area contributed by atoms with Crippen molar-refractivity contribution in [1.29, 1.82) is 0 Å². The summed E-state index contributed by atoms with van der Waals surface area (Å²) in [6, 6.07) is 72.9. The molecule has 0 saturated heterocycles. The van der Waals surface area contributed by atoms with E-state index in [0.717, 1.165) is 77.8 Å². The van der Waals surface area contributed by atoms with E-state index in [0.29, 0.717) is 23.3 Å². The van der Waals surface area contributed by atoms with E-state index in [1.165, 1.54) is 0 Å². The summed E-state index contributed by atoms with van der Waals surface area (Å²) in [6.07, 6.45) is 0. The molecule has 0 aliphatic rings. The average molecular weight is 742 g/mol. The van der Waals surface area contributed by atoms with Crippen LogP contribution in [-0.2, 0) is 0 Å². The molecule has 58 heavy (non-hydrogen) atoms. The second-order valence-electron chi connectivity index (χ2n) is 14.1. The molecule has 10 aromatic rings. The van der Waals surface area contributed by atoms with Gasteiger partial charge in [0.2, 0.25) is 0 Å². The van der Waals surface area contributed by atoms with E-state index in [-0.39, 0.29) is 0 Å². The van der Waals surface area contributed by atoms with E-state index in [2.05, 4.69) is 115 Å². The van der Waals surface area contributed by atoms with Crippen molar-refractivity contribution in [2.45, 2.75) is 0 Å². The van der Waals surface area contributed by atoms with Gasteiger partial charge in [-0.1, -0.05) is 188 Å². The quantitative estimate of drug-likeness (QED) is 0.155. The van der Waals surface area contributed by atoms with Crippen molar-refractivity contribution in [2.75, 3.05) is 0 Å². The summed E-state index contributed by atoms with van der Waals surface area (Å²) in [5, 5.41) is 2.26. The Balaban J connectivity index is 1.11. The molecule has 5 nitrogen and oxygen atoms in total. The molecule has 0 aliphatic heterocycles. The normalized spacial score (nSPS) is 11.1. The van der Waals surface area contributed by atoms with E-state index >= 15 is 0 Å². The molecule has 0 bridgehead atoms. The Morgan fingerprint density at radius 2 is 0.655 bits per heavy atom. The minimum atomic E-state index is 0.619. The Hall–Kier alpha value is -7.89. The lowest BCUT2D eigenvalue weighted by Crippen LogP contribution is -2.01. The molecule has 2 aromatic heterocycles.